The molecule has 5 rings (SSSR count). The lowest BCUT2D eigenvalue weighted by atomic mass is 10.1. The fourth-order valence-electron chi connectivity index (χ4n) is 3.84. The predicted octanol–water partition coefficient (Wildman–Crippen LogP) is 5.30. The first-order valence-corrected chi connectivity index (χ1v) is 10.6. The molecule has 2 aromatic heterocycles. The number of anilines is 2. The number of ether oxygens (including phenoxy) is 1. The molecule has 2 N–H and O–H groups in total. The number of nitrogens with one attached hydrogen (secondary N) is 2. The fraction of sp³-hybridized carbons (Fsp3) is 0.0370. The minimum atomic E-state index is -0.304. The second-order valence-corrected chi connectivity index (χ2v) is 7.58. The van der Waals surface area contributed by atoms with Crippen molar-refractivity contribution in [1.82, 2.24) is 9.97 Å². The third-order valence-corrected chi connectivity index (χ3v) is 5.46. The lowest BCUT2D eigenvalue weighted by Crippen LogP contribution is -2.15. The SMILES string of the molecule is COc1cc(NC(=O)c2cccc3cccnc23)ccc1NC(=O)c1cccc2cccnc12. The molecule has 7 nitrogen and oxygen atoms in total. The van der Waals surface area contributed by atoms with Gasteiger partial charge in [0.15, 0.2) is 0 Å². The molecule has 0 spiro atoms. The summed E-state index contributed by atoms with van der Waals surface area (Å²) < 4.78 is 5.47. The Balaban J connectivity index is 1.39. The number of amides is 2. The van der Waals surface area contributed by atoms with Gasteiger partial charge < -0.3 is 15.4 Å². The first kappa shape index (κ1) is 21.1. The van der Waals surface area contributed by atoms with Crippen LogP contribution >= 0.6 is 0 Å². The van der Waals surface area contributed by atoms with Crippen molar-refractivity contribution in [1.29, 1.82) is 0 Å². The van der Waals surface area contributed by atoms with Crippen molar-refractivity contribution in [2.24, 2.45) is 0 Å². The zero-order chi connectivity index (χ0) is 23.5. The number of benzene rings is 3. The normalized spacial score (nSPS) is 10.7. The molecule has 166 valence electrons. The van der Waals surface area contributed by atoms with E-state index in [1.807, 2.05) is 48.5 Å². The van der Waals surface area contributed by atoms with Gasteiger partial charge in [0.1, 0.15) is 5.75 Å². The Morgan fingerprint density at radius 3 is 1.85 bits per heavy atom. The second kappa shape index (κ2) is 8.99. The average Bonchev–Trinajstić information content (AvgIpc) is 2.88. The van der Waals surface area contributed by atoms with E-state index in [2.05, 4.69) is 20.6 Å². The molecule has 2 amide bonds. The van der Waals surface area contributed by atoms with E-state index in [-0.39, 0.29) is 11.8 Å². The molecule has 0 bridgehead atoms. The minimum absolute atomic E-state index is 0.287. The molecule has 0 fully saturated rings. The molecule has 0 saturated heterocycles. The summed E-state index contributed by atoms with van der Waals surface area (Å²) in [6.45, 7) is 0. The van der Waals surface area contributed by atoms with E-state index in [0.717, 1.165) is 10.8 Å². The van der Waals surface area contributed by atoms with E-state index in [1.165, 1.54) is 7.11 Å². The number of fused-ring (bicyclic) bond motifs is 2. The zero-order valence-electron chi connectivity index (χ0n) is 18.3. The number of aromatic nitrogens is 2. The summed E-state index contributed by atoms with van der Waals surface area (Å²) in [4.78, 5) is 34.6. The van der Waals surface area contributed by atoms with Crippen LogP contribution in [0.3, 0.4) is 0 Å². The number of carbonyl (C=O) groups excluding carboxylic acids is 2. The Hall–Kier alpha value is -4.78. The smallest absolute Gasteiger partial charge is 0.257 e. The van der Waals surface area contributed by atoms with Crippen LogP contribution in [0.1, 0.15) is 20.7 Å². The molecule has 5 aromatic rings. The highest BCUT2D eigenvalue weighted by Crippen LogP contribution is 2.29. The highest BCUT2D eigenvalue weighted by atomic mass is 16.5. The number of para-hydroxylation sites is 2. The van der Waals surface area contributed by atoms with Crippen molar-refractivity contribution in [3.63, 3.8) is 0 Å². The van der Waals surface area contributed by atoms with Gasteiger partial charge in [-0.2, -0.15) is 0 Å². The minimum Gasteiger partial charge on any atom is -0.494 e. The molecular formula is C27H20N4O3. The van der Waals surface area contributed by atoms with E-state index in [4.69, 9.17) is 4.74 Å². The number of methoxy groups -OCH3 is 1. The highest BCUT2D eigenvalue weighted by molar-refractivity contribution is 6.13. The van der Waals surface area contributed by atoms with Crippen LogP contribution in [0.25, 0.3) is 21.8 Å². The summed E-state index contributed by atoms with van der Waals surface area (Å²) in [6, 6.07) is 23.4. The van der Waals surface area contributed by atoms with Crippen LogP contribution in [0.15, 0.2) is 91.3 Å². The molecule has 0 unspecified atom stereocenters. The van der Waals surface area contributed by atoms with Gasteiger partial charge in [-0.3, -0.25) is 19.6 Å². The molecule has 7 heteroatoms. The quantitative estimate of drug-likeness (QED) is 0.381. The number of rotatable bonds is 5. The predicted molar refractivity (Wildman–Crippen MR) is 132 cm³/mol. The summed E-state index contributed by atoms with van der Waals surface area (Å²) in [5.74, 6) is -0.179. The molecule has 2 heterocycles. The highest BCUT2D eigenvalue weighted by Gasteiger charge is 2.16. The van der Waals surface area contributed by atoms with Crippen molar-refractivity contribution in [2.45, 2.75) is 0 Å². The van der Waals surface area contributed by atoms with Crippen LogP contribution in [0, 0.1) is 0 Å². The van der Waals surface area contributed by atoms with Gasteiger partial charge in [-0.25, -0.2) is 0 Å². The topological polar surface area (TPSA) is 93.2 Å². The van der Waals surface area contributed by atoms with Crippen LogP contribution in [0.2, 0.25) is 0 Å². The molecule has 0 aliphatic rings. The monoisotopic (exact) mass is 448 g/mol. The third-order valence-electron chi connectivity index (χ3n) is 5.46. The maximum atomic E-state index is 13.0. The Morgan fingerprint density at radius 2 is 1.26 bits per heavy atom. The molecule has 3 aromatic carbocycles. The Kier molecular flexibility index (Phi) is 5.58. The Morgan fingerprint density at radius 1 is 0.706 bits per heavy atom. The summed E-state index contributed by atoms with van der Waals surface area (Å²) >= 11 is 0. The van der Waals surface area contributed by atoms with E-state index in [9.17, 15) is 9.59 Å². The van der Waals surface area contributed by atoms with Crippen LogP contribution in [0.5, 0.6) is 5.75 Å². The van der Waals surface area contributed by atoms with Gasteiger partial charge in [-0.05, 0) is 36.4 Å². The average molecular weight is 448 g/mol. The maximum Gasteiger partial charge on any atom is 0.257 e. The summed E-state index contributed by atoms with van der Waals surface area (Å²) in [5, 5.41) is 7.52. The number of hydrogen-bond donors (Lipinski definition) is 2. The molecule has 0 aliphatic carbocycles. The van der Waals surface area contributed by atoms with Crippen LogP contribution in [-0.4, -0.2) is 28.9 Å². The number of hydrogen-bond acceptors (Lipinski definition) is 5. The lowest BCUT2D eigenvalue weighted by molar-refractivity contribution is 0.101. The van der Waals surface area contributed by atoms with Crippen LogP contribution in [0.4, 0.5) is 11.4 Å². The van der Waals surface area contributed by atoms with Gasteiger partial charge in [-0.1, -0.05) is 36.4 Å². The van der Waals surface area contributed by atoms with Gasteiger partial charge in [-0.15, -0.1) is 0 Å². The van der Waals surface area contributed by atoms with Gasteiger partial charge in [0.05, 0.1) is 35.0 Å². The fourth-order valence-corrected chi connectivity index (χ4v) is 3.84. The zero-order valence-corrected chi connectivity index (χ0v) is 18.3. The van der Waals surface area contributed by atoms with Crippen molar-refractivity contribution < 1.29 is 14.3 Å². The van der Waals surface area contributed by atoms with Gasteiger partial charge in [0, 0.05) is 34.9 Å². The number of nitrogens with zero attached hydrogens (tertiary/aromatic N) is 2. The first-order valence-electron chi connectivity index (χ1n) is 10.6. The standard InChI is InChI=1S/C27H20N4O3/c1-34-23-16-19(30-26(32)20-10-2-6-17-8-4-14-28-24(17)20)12-13-22(23)31-27(33)21-11-3-7-18-9-5-15-29-25(18)21/h2-16H,1H3,(H,30,32)(H,31,33). The van der Waals surface area contributed by atoms with Crippen LogP contribution in [-0.2, 0) is 0 Å². The van der Waals surface area contributed by atoms with Gasteiger partial charge >= 0.3 is 0 Å². The van der Waals surface area contributed by atoms with E-state index < -0.39 is 0 Å². The number of carbonyl (C=O) groups is 2. The van der Waals surface area contributed by atoms with E-state index >= 15 is 0 Å². The first-order chi connectivity index (χ1) is 16.6. The van der Waals surface area contributed by atoms with E-state index in [0.29, 0.717) is 39.3 Å². The molecular weight excluding hydrogens is 428 g/mol. The molecule has 0 atom stereocenters. The summed E-state index contributed by atoms with van der Waals surface area (Å²) in [7, 11) is 1.50. The van der Waals surface area contributed by atoms with Crippen molar-refractivity contribution in [2.75, 3.05) is 17.7 Å². The largest absolute Gasteiger partial charge is 0.494 e. The summed E-state index contributed by atoms with van der Waals surface area (Å²) in [5.41, 5.74) is 3.18. The maximum absolute atomic E-state index is 13.0. The molecule has 0 radical (unpaired) electrons. The Bertz CT molecular complexity index is 1540. The summed E-state index contributed by atoms with van der Waals surface area (Å²) in [6.07, 6.45) is 3.31. The third kappa shape index (κ3) is 4.02. The molecule has 34 heavy (non-hydrogen) atoms. The van der Waals surface area contributed by atoms with Crippen molar-refractivity contribution >= 4 is 45.0 Å². The van der Waals surface area contributed by atoms with Crippen molar-refractivity contribution in [3.05, 3.63) is 102 Å². The van der Waals surface area contributed by atoms with E-state index in [1.54, 1.807) is 42.7 Å². The van der Waals surface area contributed by atoms with Gasteiger partial charge in [0.25, 0.3) is 11.8 Å². The Labute approximate surface area is 195 Å². The lowest BCUT2D eigenvalue weighted by Gasteiger charge is -2.13. The second-order valence-electron chi connectivity index (χ2n) is 7.58. The molecule has 0 aliphatic heterocycles. The van der Waals surface area contributed by atoms with Crippen LogP contribution < -0.4 is 15.4 Å². The van der Waals surface area contributed by atoms with Crippen molar-refractivity contribution in [3.8, 4) is 5.75 Å². The van der Waals surface area contributed by atoms with Gasteiger partial charge in [0.2, 0.25) is 0 Å². The number of pyridine rings is 2. The molecule has 0 saturated carbocycles.